The summed E-state index contributed by atoms with van der Waals surface area (Å²) in [6.07, 6.45) is -0.0753. The van der Waals surface area contributed by atoms with Gasteiger partial charge < -0.3 is 5.32 Å². The summed E-state index contributed by atoms with van der Waals surface area (Å²) >= 11 is 5.84. The van der Waals surface area contributed by atoms with E-state index >= 15 is 0 Å². The number of carbonyl (C=O) groups is 1. The van der Waals surface area contributed by atoms with Gasteiger partial charge in [-0.05, 0) is 43.7 Å². The van der Waals surface area contributed by atoms with E-state index in [1.54, 1.807) is 36.4 Å². The molecule has 1 N–H and O–H groups in total. The fourth-order valence-electron chi connectivity index (χ4n) is 2.24. The third-order valence-corrected chi connectivity index (χ3v) is 5.71. The maximum absolute atomic E-state index is 12.2. The fraction of sp³-hybridized carbons (Fsp3) is 0.278. The maximum atomic E-state index is 12.2. The number of hydrogen-bond acceptors (Lipinski definition) is 3. The van der Waals surface area contributed by atoms with Gasteiger partial charge in [-0.1, -0.05) is 41.4 Å². The Bertz CT molecular complexity index is 799. The number of nitrogens with one attached hydrogen (secondary N) is 1. The molecule has 0 saturated heterocycles. The molecule has 0 bridgehead atoms. The first-order valence-corrected chi connectivity index (χ1v) is 9.65. The number of carbonyl (C=O) groups excluding carboxylic acids is 1. The highest BCUT2D eigenvalue weighted by atomic mass is 35.5. The molecule has 0 aliphatic carbocycles. The summed E-state index contributed by atoms with van der Waals surface area (Å²) in [5, 5.41) is 3.43. The van der Waals surface area contributed by atoms with Crippen LogP contribution in [0.15, 0.2) is 53.4 Å². The van der Waals surface area contributed by atoms with Crippen LogP contribution in [0.3, 0.4) is 0 Å². The molecule has 24 heavy (non-hydrogen) atoms. The molecule has 128 valence electrons. The molecule has 2 rings (SSSR count). The van der Waals surface area contributed by atoms with Crippen molar-refractivity contribution < 1.29 is 13.2 Å². The largest absolute Gasteiger partial charge is 0.350 e. The Morgan fingerprint density at radius 2 is 1.67 bits per heavy atom. The average Bonchev–Trinajstić information content (AvgIpc) is 2.54. The molecular formula is C18H20ClNO3S. The van der Waals surface area contributed by atoms with Gasteiger partial charge in [0.25, 0.3) is 0 Å². The van der Waals surface area contributed by atoms with E-state index in [9.17, 15) is 13.2 Å². The Morgan fingerprint density at radius 1 is 1.08 bits per heavy atom. The van der Waals surface area contributed by atoms with Crippen LogP contribution >= 0.6 is 11.6 Å². The molecule has 0 heterocycles. The summed E-state index contributed by atoms with van der Waals surface area (Å²) in [7, 11) is -3.46. The number of amides is 1. The second-order valence-electron chi connectivity index (χ2n) is 5.72. The number of sulfone groups is 1. The fourth-order valence-corrected chi connectivity index (χ4v) is 3.61. The van der Waals surface area contributed by atoms with Crippen molar-refractivity contribution in [3.63, 3.8) is 0 Å². The molecule has 0 spiro atoms. The standard InChI is InChI=1S/C18H20ClNO3S/c1-13-3-9-17(10-4-13)24(22,23)12-11-18(21)20-14(2)15-5-7-16(19)8-6-15/h3-10,14H,11-12H2,1-2H3,(H,20,21)/t14-/m0/s1. The molecule has 6 heteroatoms. The molecule has 1 amide bonds. The van der Waals surface area contributed by atoms with Crippen molar-refractivity contribution in [1.82, 2.24) is 5.32 Å². The molecule has 0 unspecified atom stereocenters. The lowest BCUT2D eigenvalue weighted by Crippen LogP contribution is -2.28. The zero-order valence-electron chi connectivity index (χ0n) is 13.6. The monoisotopic (exact) mass is 365 g/mol. The normalized spacial score (nSPS) is 12.6. The van der Waals surface area contributed by atoms with E-state index in [4.69, 9.17) is 11.6 Å². The van der Waals surface area contributed by atoms with E-state index in [1.807, 2.05) is 26.0 Å². The summed E-state index contributed by atoms with van der Waals surface area (Å²) in [6, 6.07) is 13.6. The SMILES string of the molecule is Cc1ccc(S(=O)(=O)CCC(=O)N[C@@H](C)c2ccc(Cl)cc2)cc1. The first kappa shape index (κ1) is 18.5. The van der Waals surface area contributed by atoms with Gasteiger partial charge in [-0.2, -0.15) is 0 Å². The highest BCUT2D eigenvalue weighted by molar-refractivity contribution is 7.91. The van der Waals surface area contributed by atoms with Crippen molar-refractivity contribution in [1.29, 1.82) is 0 Å². The van der Waals surface area contributed by atoms with E-state index in [-0.39, 0.29) is 29.0 Å². The van der Waals surface area contributed by atoms with Crippen LogP contribution in [-0.2, 0) is 14.6 Å². The smallest absolute Gasteiger partial charge is 0.221 e. The zero-order valence-corrected chi connectivity index (χ0v) is 15.2. The molecule has 0 radical (unpaired) electrons. The highest BCUT2D eigenvalue weighted by Crippen LogP contribution is 2.17. The molecule has 1 atom stereocenters. The van der Waals surface area contributed by atoms with Crippen LogP contribution in [0.2, 0.25) is 5.02 Å². The van der Waals surface area contributed by atoms with Gasteiger partial charge in [-0.25, -0.2) is 8.42 Å². The third-order valence-electron chi connectivity index (χ3n) is 3.73. The second kappa shape index (κ2) is 7.81. The lowest BCUT2D eigenvalue weighted by molar-refractivity contribution is -0.121. The zero-order chi connectivity index (χ0) is 17.7. The lowest BCUT2D eigenvalue weighted by atomic mass is 10.1. The van der Waals surface area contributed by atoms with Crippen molar-refractivity contribution in [3.05, 3.63) is 64.7 Å². The summed E-state index contributed by atoms with van der Waals surface area (Å²) in [6.45, 7) is 3.73. The highest BCUT2D eigenvalue weighted by Gasteiger charge is 2.17. The van der Waals surface area contributed by atoms with Crippen molar-refractivity contribution >= 4 is 27.3 Å². The van der Waals surface area contributed by atoms with E-state index in [0.29, 0.717) is 5.02 Å². The van der Waals surface area contributed by atoms with Crippen LogP contribution in [0.5, 0.6) is 0 Å². The van der Waals surface area contributed by atoms with Crippen LogP contribution in [0.1, 0.15) is 30.5 Å². The second-order valence-corrected chi connectivity index (χ2v) is 8.27. The predicted octanol–water partition coefficient (Wildman–Crippen LogP) is 3.69. The van der Waals surface area contributed by atoms with Crippen LogP contribution in [0, 0.1) is 6.92 Å². The number of halogens is 1. The predicted molar refractivity (Wildman–Crippen MR) is 95.9 cm³/mol. The molecule has 0 aromatic heterocycles. The minimum atomic E-state index is -3.46. The van der Waals surface area contributed by atoms with E-state index in [1.165, 1.54) is 0 Å². The molecule has 2 aromatic rings. The topological polar surface area (TPSA) is 63.2 Å². The molecule has 0 aliphatic rings. The van der Waals surface area contributed by atoms with Crippen LogP contribution in [-0.4, -0.2) is 20.1 Å². The molecular weight excluding hydrogens is 346 g/mol. The van der Waals surface area contributed by atoms with E-state index in [0.717, 1.165) is 11.1 Å². The third kappa shape index (κ3) is 5.08. The Kier molecular flexibility index (Phi) is 6.02. The van der Waals surface area contributed by atoms with Crippen molar-refractivity contribution in [2.24, 2.45) is 0 Å². The van der Waals surface area contributed by atoms with Gasteiger partial charge in [-0.15, -0.1) is 0 Å². The lowest BCUT2D eigenvalue weighted by Gasteiger charge is -2.14. The van der Waals surface area contributed by atoms with Crippen LogP contribution < -0.4 is 5.32 Å². The summed E-state index contributed by atoms with van der Waals surface area (Å²) < 4.78 is 24.5. The van der Waals surface area contributed by atoms with Gasteiger partial charge in [0.2, 0.25) is 5.91 Å². The van der Waals surface area contributed by atoms with Crippen molar-refractivity contribution in [2.45, 2.75) is 31.2 Å². The van der Waals surface area contributed by atoms with Crippen molar-refractivity contribution in [2.75, 3.05) is 5.75 Å². The number of hydrogen-bond donors (Lipinski definition) is 1. The quantitative estimate of drug-likeness (QED) is 0.849. The van der Waals surface area contributed by atoms with Crippen molar-refractivity contribution in [3.8, 4) is 0 Å². The molecule has 4 nitrogen and oxygen atoms in total. The Hall–Kier alpha value is -1.85. The first-order chi connectivity index (χ1) is 11.3. The summed E-state index contributed by atoms with van der Waals surface area (Å²) in [5.74, 6) is -0.511. The average molecular weight is 366 g/mol. The summed E-state index contributed by atoms with van der Waals surface area (Å²) in [4.78, 5) is 12.3. The van der Waals surface area contributed by atoms with Crippen LogP contribution in [0.25, 0.3) is 0 Å². The minimum Gasteiger partial charge on any atom is -0.350 e. The summed E-state index contributed by atoms with van der Waals surface area (Å²) in [5.41, 5.74) is 1.90. The Labute approximate surface area is 147 Å². The van der Waals surface area contributed by atoms with Gasteiger partial charge in [0.1, 0.15) is 0 Å². The first-order valence-electron chi connectivity index (χ1n) is 7.62. The molecule has 0 saturated carbocycles. The molecule has 0 aliphatic heterocycles. The van der Waals surface area contributed by atoms with Gasteiger partial charge >= 0.3 is 0 Å². The van der Waals surface area contributed by atoms with E-state index in [2.05, 4.69) is 5.32 Å². The maximum Gasteiger partial charge on any atom is 0.221 e. The van der Waals surface area contributed by atoms with Gasteiger partial charge in [0, 0.05) is 11.4 Å². The van der Waals surface area contributed by atoms with Gasteiger partial charge in [0.05, 0.1) is 16.7 Å². The number of rotatable bonds is 6. The molecule has 0 fully saturated rings. The number of benzene rings is 2. The number of aryl methyl sites for hydroxylation is 1. The van der Waals surface area contributed by atoms with Crippen LogP contribution in [0.4, 0.5) is 0 Å². The Morgan fingerprint density at radius 3 is 2.25 bits per heavy atom. The van der Waals surface area contributed by atoms with Gasteiger partial charge in [0.15, 0.2) is 9.84 Å². The Balaban J connectivity index is 1.92. The minimum absolute atomic E-state index is 0.0753. The van der Waals surface area contributed by atoms with Gasteiger partial charge in [-0.3, -0.25) is 4.79 Å². The molecule has 2 aromatic carbocycles. The van der Waals surface area contributed by atoms with E-state index < -0.39 is 9.84 Å².